The summed E-state index contributed by atoms with van der Waals surface area (Å²) in [5, 5.41) is 3.09. The molecule has 19 heavy (non-hydrogen) atoms. The molecule has 1 N–H and O–H groups in total. The summed E-state index contributed by atoms with van der Waals surface area (Å²) in [6, 6.07) is 1.07. The first-order valence-electron chi connectivity index (χ1n) is 6.08. The van der Waals surface area contributed by atoms with Crippen LogP contribution < -0.4 is 10.2 Å². The molecule has 0 aromatic carbocycles. The number of hydrogen-bond acceptors (Lipinski definition) is 3. The molecular weight excluding hydrogens is 323 g/mol. The van der Waals surface area contributed by atoms with E-state index >= 15 is 0 Å². The maximum Gasteiger partial charge on any atom is 0.419 e. The Hall–Kier alpha value is -0.820. The van der Waals surface area contributed by atoms with Gasteiger partial charge in [-0.2, -0.15) is 13.2 Å². The van der Waals surface area contributed by atoms with Crippen LogP contribution in [0.25, 0.3) is 0 Å². The highest BCUT2D eigenvalue weighted by molar-refractivity contribution is 9.10. The first-order valence-corrected chi connectivity index (χ1v) is 6.87. The fourth-order valence-corrected chi connectivity index (χ4v) is 2.03. The lowest BCUT2D eigenvalue weighted by molar-refractivity contribution is -0.137. The summed E-state index contributed by atoms with van der Waals surface area (Å²) in [6.07, 6.45) is -3.02. The molecule has 0 fully saturated rings. The van der Waals surface area contributed by atoms with E-state index in [1.54, 1.807) is 4.90 Å². The predicted octanol–water partition coefficient (Wildman–Crippen LogP) is 3.30. The van der Waals surface area contributed by atoms with Crippen LogP contribution in [0.1, 0.15) is 19.4 Å². The summed E-state index contributed by atoms with van der Waals surface area (Å²) in [7, 11) is 0. The van der Waals surface area contributed by atoms with Crippen molar-refractivity contribution in [3.05, 3.63) is 22.3 Å². The lowest BCUT2D eigenvalue weighted by Gasteiger charge is -2.25. The number of anilines is 1. The Morgan fingerprint density at radius 1 is 1.37 bits per heavy atom. The van der Waals surface area contributed by atoms with Crippen LogP contribution in [0, 0.1) is 0 Å². The Labute approximate surface area is 119 Å². The first kappa shape index (κ1) is 16.2. The van der Waals surface area contributed by atoms with E-state index in [-0.39, 0.29) is 5.82 Å². The summed E-state index contributed by atoms with van der Waals surface area (Å²) in [5.41, 5.74) is -0.708. The number of alkyl halides is 3. The topological polar surface area (TPSA) is 28.2 Å². The predicted molar refractivity (Wildman–Crippen MR) is 73.4 cm³/mol. The molecule has 0 aliphatic carbocycles. The largest absolute Gasteiger partial charge is 0.419 e. The number of likely N-dealkylation sites (N-methyl/N-ethyl adjacent to an activating group) is 2. The molecule has 0 amide bonds. The van der Waals surface area contributed by atoms with E-state index in [9.17, 15) is 13.2 Å². The van der Waals surface area contributed by atoms with Gasteiger partial charge in [0.25, 0.3) is 0 Å². The van der Waals surface area contributed by atoms with E-state index in [0.717, 1.165) is 12.6 Å². The summed E-state index contributed by atoms with van der Waals surface area (Å²) >= 11 is 3.03. The molecule has 1 rings (SSSR count). The summed E-state index contributed by atoms with van der Waals surface area (Å²) in [5.74, 6) is -0.0175. The van der Waals surface area contributed by atoms with Gasteiger partial charge >= 0.3 is 6.18 Å². The molecule has 0 saturated heterocycles. The third-order valence-electron chi connectivity index (χ3n) is 2.63. The Balaban J connectivity index is 3.02. The van der Waals surface area contributed by atoms with Gasteiger partial charge in [-0.15, -0.1) is 0 Å². The highest BCUT2D eigenvalue weighted by Crippen LogP contribution is 2.36. The van der Waals surface area contributed by atoms with Crippen molar-refractivity contribution < 1.29 is 13.2 Å². The zero-order chi connectivity index (χ0) is 14.5. The molecule has 0 aliphatic rings. The Bertz CT molecular complexity index is 410. The average Bonchev–Trinajstić information content (AvgIpc) is 2.34. The Morgan fingerprint density at radius 3 is 2.58 bits per heavy atom. The van der Waals surface area contributed by atoms with Gasteiger partial charge in [-0.1, -0.05) is 6.92 Å². The van der Waals surface area contributed by atoms with Crippen LogP contribution in [0.2, 0.25) is 0 Å². The lowest BCUT2D eigenvalue weighted by atomic mass is 10.2. The van der Waals surface area contributed by atoms with Crippen molar-refractivity contribution in [1.82, 2.24) is 10.3 Å². The molecule has 0 bridgehead atoms. The van der Waals surface area contributed by atoms with Gasteiger partial charge in [-0.3, -0.25) is 0 Å². The Kier molecular flexibility index (Phi) is 6.06. The molecule has 0 atom stereocenters. The van der Waals surface area contributed by atoms with Crippen LogP contribution in [0.3, 0.4) is 0 Å². The monoisotopic (exact) mass is 339 g/mol. The quantitative estimate of drug-likeness (QED) is 0.806. The van der Waals surface area contributed by atoms with Crippen molar-refractivity contribution in [2.75, 3.05) is 31.1 Å². The maximum absolute atomic E-state index is 13.0. The van der Waals surface area contributed by atoms with E-state index in [4.69, 9.17) is 0 Å². The van der Waals surface area contributed by atoms with Crippen LogP contribution in [0.15, 0.2) is 16.7 Å². The van der Waals surface area contributed by atoms with Gasteiger partial charge in [0.15, 0.2) is 0 Å². The van der Waals surface area contributed by atoms with E-state index < -0.39 is 11.7 Å². The molecule has 1 heterocycles. The second-order valence-corrected chi connectivity index (χ2v) is 4.87. The highest BCUT2D eigenvalue weighted by Gasteiger charge is 2.35. The zero-order valence-electron chi connectivity index (χ0n) is 10.9. The van der Waals surface area contributed by atoms with Crippen molar-refractivity contribution in [3.63, 3.8) is 0 Å². The summed E-state index contributed by atoms with van der Waals surface area (Å²) in [6.45, 7) is 6.15. The van der Waals surface area contributed by atoms with E-state index in [1.807, 2.05) is 13.8 Å². The minimum atomic E-state index is -4.41. The fraction of sp³-hybridized carbons (Fsp3) is 0.583. The molecule has 0 radical (unpaired) electrons. The zero-order valence-corrected chi connectivity index (χ0v) is 12.5. The molecule has 0 saturated carbocycles. The molecular formula is C12H17BrF3N3. The number of nitrogens with zero attached hydrogens (tertiary/aromatic N) is 2. The molecule has 108 valence electrons. The van der Waals surface area contributed by atoms with Crippen molar-refractivity contribution >= 4 is 21.7 Å². The second-order valence-electron chi connectivity index (χ2n) is 3.96. The van der Waals surface area contributed by atoms with Gasteiger partial charge in [-0.05, 0) is 35.5 Å². The van der Waals surface area contributed by atoms with E-state index in [0.29, 0.717) is 24.1 Å². The molecule has 0 aliphatic heterocycles. The number of pyridine rings is 1. The average molecular weight is 340 g/mol. The van der Waals surface area contributed by atoms with Crippen molar-refractivity contribution in [1.29, 1.82) is 0 Å². The molecule has 1 aromatic rings. The van der Waals surface area contributed by atoms with E-state index in [1.165, 1.54) is 6.20 Å². The van der Waals surface area contributed by atoms with Gasteiger partial charge in [0.1, 0.15) is 5.82 Å². The fourth-order valence-electron chi connectivity index (χ4n) is 1.70. The molecule has 0 spiro atoms. The minimum Gasteiger partial charge on any atom is -0.355 e. The number of halogens is 4. The number of nitrogens with one attached hydrogen (secondary N) is 1. The molecule has 7 heteroatoms. The minimum absolute atomic E-state index is 0.0175. The van der Waals surface area contributed by atoms with Crippen LogP contribution in [-0.4, -0.2) is 31.2 Å². The second kappa shape index (κ2) is 7.09. The van der Waals surface area contributed by atoms with Gasteiger partial charge in [0.05, 0.1) is 5.56 Å². The maximum atomic E-state index is 13.0. The summed E-state index contributed by atoms with van der Waals surface area (Å²) < 4.78 is 39.4. The summed E-state index contributed by atoms with van der Waals surface area (Å²) in [4.78, 5) is 5.55. The first-order chi connectivity index (χ1) is 8.90. The van der Waals surface area contributed by atoms with Crippen LogP contribution in [0.4, 0.5) is 19.0 Å². The number of aromatic nitrogens is 1. The number of hydrogen-bond donors (Lipinski definition) is 1. The van der Waals surface area contributed by atoms with Gasteiger partial charge < -0.3 is 10.2 Å². The SMILES string of the molecule is CCNCCN(CC)c1ncc(Br)cc1C(F)(F)F. The van der Waals surface area contributed by atoms with Gasteiger partial charge in [0, 0.05) is 30.3 Å². The normalized spacial score (nSPS) is 11.7. The van der Waals surface area contributed by atoms with Crippen LogP contribution in [-0.2, 0) is 6.18 Å². The smallest absolute Gasteiger partial charge is 0.355 e. The van der Waals surface area contributed by atoms with E-state index in [2.05, 4.69) is 26.2 Å². The van der Waals surface area contributed by atoms with Crippen molar-refractivity contribution in [2.24, 2.45) is 0 Å². The van der Waals surface area contributed by atoms with Gasteiger partial charge in [-0.25, -0.2) is 4.98 Å². The molecule has 3 nitrogen and oxygen atoms in total. The highest BCUT2D eigenvalue weighted by atomic mass is 79.9. The third-order valence-corrected chi connectivity index (χ3v) is 3.06. The third kappa shape index (κ3) is 4.65. The lowest BCUT2D eigenvalue weighted by Crippen LogP contribution is -2.34. The van der Waals surface area contributed by atoms with Crippen LogP contribution in [0.5, 0.6) is 0 Å². The van der Waals surface area contributed by atoms with Crippen LogP contribution >= 0.6 is 15.9 Å². The molecule has 0 unspecified atom stereocenters. The van der Waals surface area contributed by atoms with Crippen molar-refractivity contribution in [2.45, 2.75) is 20.0 Å². The van der Waals surface area contributed by atoms with Crippen molar-refractivity contribution in [3.8, 4) is 0 Å². The molecule has 1 aromatic heterocycles. The Morgan fingerprint density at radius 2 is 2.05 bits per heavy atom. The van der Waals surface area contributed by atoms with Gasteiger partial charge in [0.2, 0.25) is 0 Å². The number of rotatable bonds is 6. The standard InChI is InChI=1S/C12H17BrF3N3/c1-3-17-5-6-19(4-2)11-10(12(14,15)16)7-9(13)8-18-11/h7-8,17H,3-6H2,1-2H3.